The van der Waals surface area contributed by atoms with Gasteiger partial charge in [0.25, 0.3) is 5.91 Å². The number of benzene rings is 1. The Kier molecular flexibility index (Phi) is 7.68. The molecule has 0 bridgehead atoms. The highest BCUT2D eigenvalue weighted by atomic mass is 32.2. The number of nitrogens with one attached hydrogen (secondary N) is 2. The van der Waals surface area contributed by atoms with E-state index in [-0.39, 0.29) is 17.4 Å². The van der Waals surface area contributed by atoms with Crippen molar-refractivity contribution in [3.63, 3.8) is 0 Å². The quantitative estimate of drug-likeness (QED) is 0.436. The number of amides is 1. The first-order valence-electron chi connectivity index (χ1n) is 14.3. The lowest BCUT2D eigenvalue weighted by atomic mass is 9.82. The zero-order chi connectivity index (χ0) is 28.7. The maximum absolute atomic E-state index is 13.8. The van der Waals surface area contributed by atoms with E-state index in [2.05, 4.69) is 19.5 Å². The first-order chi connectivity index (χ1) is 19.7. The van der Waals surface area contributed by atoms with Crippen LogP contribution in [0.15, 0.2) is 30.3 Å². The number of rotatable bonds is 7. The minimum atomic E-state index is -4.05. The Labute approximate surface area is 238 Å². The van der Waals surface area contributed by atoms with Gasteiger partial charge in [-0.05, 0) is 68.9 Å². The molecule has 2 aromatic heterocycles. The average Bonchev–Trinajstić information content (AvgIpc) is 3.31. The van der Waals surface area contributed by atoms with E-state index in [9.17, 15) is 22.0 Å². The van der Waals surface area contributed by atoms with Crippen molar-refractivity contribution in [2.24, 2.45) is 0 Å². The van der Waals surface area contributed by atoms with Gasteiger partial charge in [0.05, 0.1) is 22.5 Å². The van der Waals surface area contributed by atoms with Crippen LogP contribution in [0.25, 0.3) is 16.7 Å². The summed E-state index contributed by atoms with van der Waals surface area (Å²) in [7, 11) is -2.84. The molecule has 0 atom stereocenters. The van der Waals surface area contributed by atoms with Crippen molar-refractivity contribution >= 4 is 32.8 Å². The fourth-order valence-corrected chi connectivity index (χ4v) is 6.60. The normalized spacial score (nSPS) is 19.9. The van der Waals surface area contributed by atoms with Crippen LogP contribution >= 0.6 is 0 Å². The van der Waals surface area contributed by atoms with Crippen molar-refractivity contribution < 1.29 is 22.0 Å². The number of aromatic nitrogens is 3. The molecule has 0 spiro atoms. The number of carbonyl (C=O) groups excluding carboxylic acids is 1. The van der Waals surface area contributed by atoms with Crippen molar-refractivity contribution in [1.82, 2.24) is 29.1 Å². The molecule has 1 saturated carbocycles. The van der Waals surface area contributed by atoms with E-state index in [1.54, 1.807) is 22.9 Å². The van der Waals surface area contributed by atoms with Gasteiger partial charge in [0.1, 0.15) is 17.7 Å². The summed E-state index contributed by atoms with van der Waals surface area (Å²) in [5.74, 6) is -0.999. The smallest absolute Gasteiger partial charge is 0.301 e. The van der Waals surface area contributed by atoms with Crippen molar-refractivity contribution in [2.45, 2.75) is 63.1 Å². The molecular formula is C28H35F2N7O3S. The van der Waals surface area contributed by atoms with Crippen LogP contribution in [0.5, 0.6) is 0 Å². The molecule has 13 heteroatoms. The molecule has 220 valence electrons. The number of anilines is 1. The maximum Gasteiger partial charge on any atom is 0.301 e. The first kappa shape index (κ1) is 28.0. The number of likely N-dealkylation sites (tertiary alicyclic amines) is 1. The molecule has 3 aliphatic rings. The second-order valence-corrected chi connectivity index (χ2v) is 12.8. The molecule has 6 rings (SSSR count). The molecule has 2 saturated heterocycles. The van der Waals surface area contributed by atoms with E-state index in [0.29, 0.717) is 30.2 Å². The highest BCUT2D eigenvalue weighted by molar-refractivity contribution is 7.88. The van der Waals surface area contributed by atoms with E-state index in [4.69, 9.17) is 5.10 Å². The van der Waals surface area contributed by atoms with E-state index < -0.39 is 22.3 Å². The van der Waals surface area contributed by atoms with Crippen molar-refractivity contribution in [1.29, 1.82) is 0 Å². The zero-order valence-corrected chi connectivity index (χ0v) is 23.8. The molecule has 3 aromatic rings. The predicted molar refractivity (Wildman–Crippen MR) is 152 cm³/mol. The third-order valence-corrected chi connectivity index (χ3v) is 9.71. The summed E-state index contributed by atoms with van der Waals surface area (Å²) in [5.41, 5.74) is 2.64. The summed E-state index contributed by atoms with van der Waals surface area (Å²) in [6.07, 6.45) is 5.30. The van der Waals surface area contributed by atoms with Gasteiger partial charge in [-0.3, -0.25) is 4.79 Å². The van der Waals surface area contributed by atoms with E-state index in [1.165, 1.54) is 19.2 Å². The van der Waals surface area contributed by atoms with E-state index in [0.717, 1.165) is 75.1 Å². The SMILES string of the molecule is CNS(=O)(=O)NC(=O)c1cc(N2CCC(N3CCC(F)CC3)CC2)c2c(C3CCC3)nn(-c3ccc(F)cc3)c2n1. The van der Waals surface area contributed by atoms with Gasteiger partial charge >= 0.3 is 10.2 Å². The summed E-state index contributed by atoms with van der Waals surface area (Å²) >= 11 is 0. The second kappa shape index (κ2) is 11.3. The lowest BCUT2D eigenvalue weighted by Crippen LogP contribution is -2.48. The van der Waals surface area contributed by atoms with Crippen molar-refractivity contribution in [3.8, 4) is 5.69 Å². The Morgan fingerprint density at radius 2 is 1.68 bits per heavy atom. The molecule has 2 N–H and O–H groups in total. The number of halogens is 2. The summed E-state index contributed by atoms with van der Waals surface area (Å²) < 4.78 is 57.5. The summed E-state index contributed by atoms with van der Waals surface area (Å²) in [5, 5.41) is 5.79. The van der Waals surface area contributed by atoms with Gasteiger partial charge in [0.15, 0.2) is 5.65 Å². The van der Waals surface area contributed by atoms with Crippen LogP contribution < -0.4 is 14.3 Å². The van der Waals surface area contributed by atoms with Crippen LogP contribution in [-0.4, -0.2) is 79.4 Å². The van der Waals surface area contributed by atoms with Crippen LogP contribution in [0.1, 0.15) is 67.0 Å². The number of fused-ring (bicyclic) bond motifs is 1. The summed E-state index contributed by atoms with van der Waals surface area (Å²) in [4.78, 5) is 22.4. The standard InChI is InChI=1S/C28H35F2N7O3S/c1-31-41(39,40)34-28(38)23-17-24(36-15-11-21(12-16-36)35-13-9-20(30)10-14-35)25-26(18-3-2-4-18)33-37(27(25)32-23)22-7-5-19(29)6-8-22/h5-8,17-18,20-21,31H,2-4,9-16H2,1H3,(H,34,38). The lowest BCUT2D eigenvalue weighted by molar-refractivity contribution is 0.0972. The maximum atomic E-state index is 13.8. The molecule has 0 unspecified atom stereocenters. The van der Waals surface area contributed by atoms with Gasteiger partial charge in [-0.1, -0.05) is 6.42 Å². The Balaban J connectivity index is 1.42. The highest BCUT2D eigenvalue weighted by Gasteiger charge is 2.33. The number of hydrogen-bond donors (Lipinski definition) is 2. The predicted octanol–water partition coefficient (Wildman–Crippen LogP) is 3.42. The molecule has 0 radical (unpaired) electrons. The topological polar surface area (TPSA) is 112 Å². The van der Waals surface area contributed by atoms with Gasteiger partial charge in [-0.15, -0.1) is 0 Å². The minimum Gasteiger partial charge on any atom is -0.371 e. The first-order valence-corrected chi connectivity index (χ1v) is 15.8. The Morgan fingerprint density at radius 1 is 1.00 bits per heavy atom. The molecular weight excluding hydrogens is 552 g/mol. The van der Waals surface area contributed by atoms with Crippen LogP contribution in [-0.2, 0) is 10.2 Å². The van der Waals surface area contributed by atoms with Crippen molar-refractivity contribution in [2.75, 3.05) is 38.1 Å². The number of alkyl halides is 1. The second-order valence-electron chi connectivity index (χ2n) is 11.2. The fourth-order valence-electron chi connectivity index (χ4n) is 6.15. The number of nitrogens with zero attached hydrogens (tertiary/aromatic N) is 5. The van der Waals surface area contributed by atoms with Gasteiger partial charge in [-0.25, -0.2) is 27.9 Å². The van der Waals surface area contributed by atoms with Crippen LogP contribution in [0.2, 0.25) is 0 Å². The van der Waals surface area contributed by atoms with Gasteiger partial charge in [-0.2, -0.15) is 13.5 Å². The highest BCUT2D eigenvalue weighted by Crippen LogP contribution is 2.43. The van der Waals surface area contributed by atoms with Crippen molar-refractivity contribution in [3.05, 3.63) is 47.5 Å². The monoisotopic (exact) mass is 587 g/mol. The molecule has 41 heavy (non-hydrogen) atoms. The third kappa shape index (κ3) is 5.67. The number of carbonyl (C=O) groups is 1. The number of hydrogen-bond acceptors (Lipinski definition) is 7. The van der Waals surface area contributed by atoms with Crippen LogP contribution in [0.3, 0.4) is 0 Å². The number of piperidine rings is 2. The molecule has 3 fully saturated rings. The van der Waals surface area contributed by atoms with Crippen LogP contribution in [0.4, 0.5) is 14.5 Å². The molecule has 1 aliphatic carbocycles. The zero-order valence-electron chi connectivity index (χ0n) is 23.0. The molecule has 1 amide bonds. The molecule has 2 aliphatic heterocycles. The number of pyridine rings is 1. The third-order valence-electron chi connectivity index (χ3n) is 8.72. The average molecular weight is 588 g/mol. The fraction of sp³-hybridized carbons (Fsp3) is 0.536. The summed E-state index contributed by atoms with van der Waals surface area (Å²) in [6.45, 7) is 2.99. The molecule has 1 aromatic carbocycles. The Morgan fingerprint density at radius 3 is 2.29 bits per heavy atom. The molecule has 4 heterocycles. The van der Waals surface area contributed by atoms with Crippen LogP contribution in [0, 0.1) is 5.82 Å². The van der Waals surface area contributed by atoms with Gasteiger partial charge in [0, 0.05) is 45.2 Å². The van der Waals surface area contributed by atoms with E-state index >= 15 is 0 Å². The van der Waals surface area contributed by atoms with Gasteiger partial charge < -0.3 is 9.80 Å². The minimum absolute atomic E-state index is 0.0538. The Hall–Kier alpha value is -3.16. The summed E-state index contributed by atoms with van der Waals surface area (Å²) in [6, 6.07) is 7.94. The largest absolute Gasteiger partial charge is 0.371 e. The van der Waals surface area contributed by atoms with Gasteiger partial charge in [0.2, 0.25) is 0 Å². The lowest BCUT2D eigenvalue weighted by Gasteiger charge is -2.41. The van der Waals surface area contributed by atoms with E-state index in [1.807, 2.05) is 4.72 Å². The Bertz CT molecular complexity index is 1530. The molecule has 10 nitrogen and oxygen atoms in total.